The van der Waals surface area contributed by atoms with Gasteiger partial charge in [-0.05, 0) is 55.0 Å². The van der Waals surface area contributed by atoms with Crippen molar-refractivity contribution in [2.75, 3.05) is 5.32 Å². The number of nitriles is 1. The second-order valence-corrected chi connectivity index (χ2v) is 4.54. The van der Waals surface area contributed by atoms with Gasteiger partial charge in [0.1, 0.15) is 0 Å². The number of hydrogen-bond acceptors (Lipinski definition) is 2. The average Bonchev–Trinajstić information content (AvgIpc) is 2.39. The second kappa shape index (κ2) is 5.55. The van der Waals surface area contributed by atoms with Crippen LogP contribution >= 0.6 is 11.6 Å². The molecule has 0 bridgehead atoms. The number of aryl methyl sites for hydroxylation is 1. The molecule has 0 spiro atoms. The Morgan fingerprint density at radius 3 is 2.47 bits per heavy atom. The Hall–Kier alpha value is -2.31. The van der Waals surface area contributed by atoms with E-state index in [1.54, 1.807) is 42.5 Å². The van der Waals surface area contributed by atoms with Crippen LogP contribution < -0.4 is 5.32 Å². The zero-order valence-corrected chi connectivity index (χ0v) is 11.0. The van der Waals surface area contributed by atoms with Crippen LogP contribution in [0.25, 0.3) is 0 Å². The Balaban J connectivity index is 2.18. The predicted molar refractivity (Wildman–Crippen MR) is 75.3 cm³/mol. The minimum absolute atomic E-state index is 0.195. The van der Waals surface area contributed by atoms with Gasteiger partial charge in [0.15, 0.2) is 0 Å². The van der Waals surface area contributed by atoms with E-state index in [4.69, 9.17) is 16.9 Å². The summed E-state index contributed by atoms with van der Waals surface area (Å²) in [6, 6.07) is 13.9. The van der Waals surface area contributed by atoms with E-state index >= 15 is 0 Å². The van der Waals surface area contributed by atoms with E-state index in [0.717, 1.165) is 5.56 Å². The first kappa shape index (κ1) is 13.1. The Bertz CT molecular complexity index is 657. The number of amides is 1. The van der Waals surface area contributed by atoms with E-state index in [0.29, 0.717) is 21.8 Å². The van der Waals surface area contributed by atoms with Crippen molar-refractivity contribution >= 4 is 23.2 Å². The molecular formula is C15H11ClN2O. The normalized spacial score (nSPS) is 9.74. The van der Waals surface area contributed by atoms with E-state index in [-0.39, 0.29) is 5.91 Å². The molecule has 0 unspecified atom stereocenters. The summed E-state index contributed by atoms with van der Waals surface area (Å²) in [5.74, 6) is -0.195. The minimum atomic E-state index is -0.195. The molecule has 0 aliphatic heterocycles. The number of halogens is 1. The molecule has 0 saturated carbocycles. The third kappa shape index (κ3) is 3.12. The van der Waals surface area contributed by atoms with Crippen LogP contribution in [0.15, 0.2) is 42.5 Å². The highest BCUT2D eigenvalue weighted by atomic mass is 35.5. The highest BCUT2D eigenvalue weighted by Crippen LogP contribution is 2.17. The molecule has 0 saturated heterocycles. The number of benzene rings is 2. The van der Waals surface area contributed by atoms with Gasteiger partial charge in [0.05, 0.1) is 11.6 Å². The lowest BCUT2D eigenvalue weighted by Crippen LogP contribution is -2.13. The highest BCUT2D eigenvalue weighted by Gasteiger charge is 2.09. The largest absolute Gasteiger partial charge is 0.322 e. The molecule has 4 heteroatoms. The van der Waals surface area contributed by atoms with Crippen LogP contribution in [0.3, 0.4) is 0 Å². The van der Waals surface area contributed by atoms with Gasteiger partial charge in [-0.1, -0.05) is 11.6 Å². The number of anilines is 1. The molecule has 94 valence electrons. The van der Waals surface area contributed by atoms with Crippen LogP contribution in [0.2, 0.25) is 5.02 Å². The lowest BCUT2D eigenvalue weighted by Gasteiger charge is -2.08. The van der Waals surface area contributed by atoms with Gasteiger partial charge < -0.3 is 5.32 Å². The summed E-state index contributed by atoms with van der Waals surface area (Å²) in [6.45, 7) is 1.83. The number of carbonyl (C=O) groups excluding carboxylic acids is 1. The van der Waals surface area contributed by atoms with Crippen molar-refractivity contribution in [3.63, 3.8) is 0 Å². The first-order chi connectivity index (χ1) is 9.10. The van der Waals surface area contributed by atoms with Crippen LogP contribution in [0.1, 0.15) is 21.5 Å². The lowest BCUT2D eigenvalue weighted by molar-refractivity contribution is 0.102. The van der Waals surface area contributed by atoms with E-state index in [1.807, 2.05) is 13.0 Å². The fraction of sp³-hybridized carbons (Fsp3) is 0.0667. The molecule has 1 amide bonds. The van der Waals surface area contributed by atoms with E-state index in [1.165, 1.54) is 0 Å². The first-order valence-electron chi connectivity index (χ1n) is 5.68. The van der Waals surface area contributed by atoms with E-state index in [2.05, 4.69) is 5.32 Å². The number of nitrogens with one attached hydrogen (secondary N) is 1. The van der Waals surface area contributed by atoms with Gasteiger partial charge >= 0.3 is 0 Å². The predicted octanol–water partition coefficient (Wildman–Crippen LogP) is 3.77. The SMILES string of the molecule is Cc1cc(Cl)ccc1C(=O)Nc1ccc(C#N)cc1. The Morgan fingerprint density at radius 2 is 1.89 bits per heavy atom. The molecule has 0 atom stereocenters. The standard InChI is InChI=1S/C15H11ClN2O/c1-10-8-12(16)4-7-14(10)15(19)18-13-5-2-11(9-17)3-6-13/h2-8H,1H3,(H,18,19). The van der Waals surface area contributed by atoms with Gasteiger partial charge in [-0.15, -0.1) is 0 Å². The van der Waals surface area contributed by atoms with Gasteiger partial charge in [-0.25, -0.2) is 0 Å². The molecule has 2 rings (SSSR count). The Kier molecular flexibility index (Phi) is 3.84. The maximum Gasteiger partial charge on any atom is 0.255 e. The van der Waals surface area contributed by atoms with Crippen LogP contribution in [0.5, 0.6) is 0 Å². The number of nitrogens with zero attached hydrogens (tertiary/aromatic N) is 1. The van der Waals surface area contributed by atoms with Crippen molar-refractivity contribution in [2.45, 2.75) is 6.92 Å². The molecule has 0 radical (unpaired) electrons. The molecular weight excluding hydrogens is 260 g/mol. The fourth-order valence-electron chi connectivity index (χ4n) is 1.71. The molecule has 2 aromatic carbocycles. The molecule has 3 nitrogen and oxygen atoms in total. The summed E-state index contributed by atoms with van der Waals surface area (Å²) in [4.78, 5) is 12.1. The maximum absolute atomic E-state index is 12.1. The zero-order valence-electron chi connectivity index (χ0n) is 10.3. The smallest absolute Gasteiger partial charge is 0.255 e. The molecule has 0 aliphatic rings. The number of carbonyl (C=O) groups is 1. The summed E-state index contributed by atoms with van der Waals surface area (Å²) in [5.41, 5.74) is 2.60. The van der Waals surface area contributed by atoms with Crippen LogP contribution in [0, 0.1) is 18.3 Å². The average molecular weight is 271 g/mol. The van der Waals surface area contributed by atoms with Gasteiger partial charge in [-0.2, -0.15) is 5.26 Å². The van der Waals surface area contributed by atoms with Crippen LogP contribution in [-0.2, 0) is 0 Å². The molecule has 0 fully saturated rings. The monoisotopic (exact) mass is 270 g/mol. The van der Waals surface area contributed by atoms with Crippen LogP contribution in [0.4, 0.5) is 5.69 Å². The fourth-order valence-corrected chi connectivity index (χ4v) is 1.94. The number of hydrogen-bond donors (Lipinski definition) is 1. The minimum Gasteiger partial charge on any atom is -0.322 e. The van der Waals surface area contributed by atoms with E-state index in [9.17, 15) is 4.79 Å². The van der Waals surface area contributed by atoms with Crippen molar-refractivity contribution in [3.05, 3.63) is 64.2 Å². The first-order valence-corrected chi connectivity index (χ1v) is 6.05. The molecule has 0 aromatic heterocycles. The molecule has 19 heavy (non-hydrogen) atoms. The molecule has 0 heterocycles. The Morgan fingerprint density at radius 1 is 1.21 bits per heavy atom. The van der Waals surface area contributed by atoms with Crippen molar-refractivity contribution in [1.29, 1.82) is 5.26 Å². The van der Waals surface area contributed by atoms with Gasteiger partial charge in [0, 0.05) is 16.3 Å². The maximum atomic E-state index is 12.1. The summed E-state index contributed by atoms with van der Waals surface area (Å²) in [5, 5.41) is 12.1. The lowest BCUT2D eigenvalue weighted by atomic mass is 10.1. The number of rotatable bonds is 2. The second-order valence-electron chi connectivity index (χ2n) is 4.10. The van der Waals surface area contributed by atoms with Crippen molar-refractivity contribution in [1.82, 2.24) is 0 Å². The summed E-state index contributed by atoms with van der Waals surface area (Å²) < 4.78 is 0. The van der Waals surface area contributed by atoms with Gasteiger partial charge in [0.25, 0.3) is 5.91 Å². The summed E-state index contributed by atoms with van der Waals surface area (Å²) in [7, 11) is 0. The van der Waals surface area contributed by atoms with Crippen molar-refractivity contribution < 1.29 is 4.79 Å². The van der Waals surface area contributed by atoms with Crippen molar-refractivity contribution in [3.8, 4) is 6.07 Å². The van der Waals surface area contributed by atoms with Crippen LogP contribution in [-0.4, -0.2) is 5.91 Å². The molecule has 2 aromatic rings. The molecule has 1 N–H and O–H groups in total. The summed E-state index contributed by atoms with van der Waals surface area (Å²) in [6.07, 6.45) is 0. The zero-order chi connectivity index (χ0) is 13.8. The Labute approximate surface area is 116 Å². The van der Waals surface area contributed by atoms with E-state index < -0.39 is 0 Å². The highest BCUT2D eigenvalue weighted by molar-refractivity contribution is 6.30. The topological polar surface area (TPSA) is 52.9 Å². The van der Waals surface area contributed by atoms with Gasteiger partial charge in [0.2, 0.25) is 0 Å². The summed E-state index contributed by atoms with van der Waals surface area (Å²) >= 11 is 5.85. The van der Waals surface area contributed by atoms with Gasteiger partial charge in [-0.3, -0.25) is 4.79 Å². The quantitative estimate of drug-likeness (QED) is 0.903. The molecule has 0 aliphatic carbocycles. The van der Waals surface area contributed by atoms with Crippen molar-refractivity contribution in [2.24, 2.45) is 0 Å². The third-order valence-corrected chi connectivity index (χ3v) is 2.94. The third-order valence-electron chi connectivity index (χ3n) is 2.70.